The molecule has 128 valence electrons. The highest BCUT2D eigenvalue weighted by molar-refractivity contribution is 9.10. The molecule has 1 atom stereocenters. The van der Waals surface area contributed by atoms with E-state index < -0.39 is 10.0 Å². The number of hydrogen-bond acceptors (Lipinski definition) is 3. The number of halogens is 1. The quantitative estimate of drug-likeness (QED) is 0.794. The van der Waals surface area contributed by atoms with Crippen LogP contribution in [0.5, 0.6) is 0 Å². The van der Waals surface area contributed by atoms with Gasteiger partial charge in [-0.15, -0.1) is 0 Å². The summed E-state index contributed by atoms with van der Waals surface area (Å²) in [5.41, 5.74) is 1.15. The van der Waals surface area contributed by atoms with Gasteiger partial charge in [-0.05, 0) is 49.7 Å². The molecule has 0 saturated carbocycles. The van der Waals surface area contributed by atoms with Gasteiger partial charge < -0.3 is 0 Å². The Morgan fingerprint density at radius 2 is 1.75 bits per heavy atom. The van der Waals surface area contributed by atoms with Gasteiger partial charge in [0, 0.05) is 17.1 Å². The minimum Gasteiger partial charge on any atom is -0.295 e. The summed E-state index contributed by atoms with van der Waals surface area (Å²) in [5.74, 6) is 0. The molecule has 2 aromatic carbocycles. The molecule has 1 aliphatic heterocycles. The van der Waals surface area contributed by atoms with Crippen molar-refractivity contribution >= 4 is 26.0 Å². The molecule has 1 heterocycles. The third-order valence-corrected chi connectivity index (χ3v) is 6.25. The van der Waals surface area contributed by atoms with Crippen molar-refractivity contribution in [2.24, 2.45) is 0 Å². The summed E-state index contributed by atoms with van der Waals surface area (Å²) in [7, 11) is -3.52. The number of likely N-dealkylation sites (tertiary alicyclic amines) is 1. The van der Waals surface area contributed by atoms with E-state index in [1.807, 2.05) is 24.3 Å². The van der Waals surface area contributed by atoms with Crippen molar-refractivity contribution in [3.05, 3.63) is 64.6 Å². The minimum atomic E-state index is -3.52. The van der Waals surface area contributed by atoms with Gasteiger partial charge in [-0.25, -0.2) is 13.1 Å². The van der Waals surface area contributed by atoms with E-state index in [0.717, 1.165) is 23.1 Å². The van der Waals surface area contributed by atoms with Crippen LogP contribution in [0.3, 0.4) is 0 Å². The number of rotatable bonds is 6. The zero-order valence-electron chi connectivity index (χ0n) is 13.4. The van der Waals surface area contributed by atoms with E-state index in [9.17, 15) is 8.42 Å². The van der Waals surface area contributed by atoms with Crippen molar-refractivity contribution in [2.75, 3.05) is 19.6 Å². The van der Waals surface area contributed by atoms with Gasteiger partial charge in [0.05, 0.1) is 4.90 Å². The molecule has 1 saturated heterocycles. The summed E-state index contributed by atoms with van der Waals surface area (Å²) < 4.78 is 28.7. The largest absolute Gasteiger partial charge is 0.295 e. The monoisotopic (exact) mass is 408 g/mol. The van der Waals surface area contributed by atoms with Gasteiger partial charge in [-0.3, -0.25) is 4.90 Å². The maximum absolute atomic E-state index is 12.6. The van der Waals surface area contributed by atoms with Crippen LogP contribution in [0.2, 0.25) is 0 Å². The van der Waals surface area contributed by atoms with Crippen molar-refractivity contribution in [1.82, 2.24) is 9.62 Å². The topological polar surface area (TPSA) is 49.4 Å². The zero-order chi connectivity index (χ0) is 17.0. The Morgan fingerprint density at radius 1 is 1.04 bits per heavy atom. The lowest BCUT2D eigenvalue weighted by atomic mass is 10.1. The molecule has 24 heavy (non-hydrogen) atoms. The van der Waals surface area contributed by atoms with E-state index in [1.54, 1.807) is 18.2 Å². The first-order valence-electron chi connectivity index (χ1n) is 8.10. The highest BCUT2D eigenvalue weighted by atomic mass is 79.9. The molecular formula is C18H21BrN2O2S. The van der Waals surface area contributed by atoms with Crippen molar-refractivity contribution in [3.8, 4) is 0 Å². The van der Waals surface area contributed by atoms with Crippen LogP contribution < -0.4 is 4.72 Å². The van der Waals surface area contributed by atoms with Crippen LogP contribution in [-0.2, 0) is 10.0 Å². The first-order chi connectivity index (χ1) is 11.6. The highest BCUT2D eigenvalue weighted by Gasteiger charge is 2.25. The Labute approximate surface area is 152 Å². The molecule has 0 radical (unpaired) electrons. The van der Waals surface area contributed by atoms with Gasteiger partial charge in [-0.2, -0.15) is 0 Å². The van der Waals surface area contributed by atoms with Gasteiger partial charge in [0.1, 0.15) is 0 Å². The Hall–Kier alpha value is -1.21. The van der Waals surface area contributed by atoms with E-state index in [1.165, 1.54) is 12.8 Å². The van der Waals surface area contributed by atoms with Crippen molar-refractivity contribution < 1.29 is 8.42 Å². The van der Waals surface area contributed by atoms with Gasteiger partial charge in [0.25, 0.3) is 0 Å². The summed E-state index contributed by atoms with van der Waals surface area (Å²) in [5, 5.41) is 0. The van der Waals surface area contributed by atoms with Crippen LogP contribution in [0, 0.1) is 0 Å². The minimum absolute atomic E-state index is 0.0654. The summed E-state index contributed by atoms with van der Waals surface area (Å²) in [6.45, 7) is 2.40. The highest BCUT2D eigenvalue weighted by Crippen LogP contribution is 2.25. The van der Waals surface area contributed by atoms with Crippen molar-refractivity contribution in [3.63, 3.8) is 0 Å². The maximum atomic E-state index is 12.6. The van der Waals surface area contributed by atoms with Crippen LogP contribution in [0.25, 0.3) is 0 Å². The predicted octanol–water partition coefficient (Wildman–Crippen LogP) is 3.56. The maximum Gasteiger partial charge on any atom is 0.240 e. The molecular weight excluding hydrogens is 388 g/mol. The van der Waals surface area contributed by atoms with E-state index in [4.69, 9.17) is 0 Å². The van der Waals surface area contributed by atoms with E-state index in [0.29, 0.717) is 6.54 Å². The summed E-state index contributed by atoms with van der Waals surface area (Å²) in [4.78, 5) is 2.64. The molecule has 3 rings (SSSR count). The number of hydrogen-bond donors (Lipinski definition) is 1. The number of nitrogens with one attached hydrogen (secondary N) is 1. The third kappa shape index (κ3) is 4.25. The van der Waals surface area contributed by atoms with Gasteiger partial charge in [-0.1, -0.05) is 52.3 Å². The smallest absolute Gasteiger partial charge is 0.240 e. The van der Waals surface area contributed by atoms with Crippen LogP contribution in [-0.4, -0.2) is 33.0 Å². The van der Waals surface area contributed by atoms with Gasteiger partial charge >= 0.3 is 0 Å². The first-order valence-corrected chi connectivity index (χ1v) is 10.4. The lowest BCUT2D eigenvalue weighted by molar-refractivity contribution is 0.246. The predicted molar refractivity (Wildman–Crippen MR) is 99.3 cm³/mol. The SMILES string of the molecule is O=S(=O)(NCC(c1ccccc1)N1CCCC1)c1cccc(Br)c1. The fraction of sp³-hybridized carbons (Fsp3) is 0.333. The number of benzene rings is 2. The van der Waals surface area contributed by atoms with E-state index in [2.05, 4.69) is 37.7 Å². The molecule has 2 aromatic rings. The van der Waals surface area contributed by atoms with E-state index in [-0.39, 0.29) is 10.9 Å². The molecule has 1 N–H and O–H groups in total. The molecule has 1 fully saturated rings. The zero-order valence-corrected chi connectivity index (χ0v) is 15.8. The first kappa shape index (κ1) is 17.6. The molecule has 0 spiro atoms. The summed E-state index contributed by atoms with van der Waals surface area (Å²) in [6, 6.07) is 17.0. The third-order valence-electron chi connectivity index (χ3n) is 4.34. The van der Waals surface area contributed by atoms with Crippen LogP contribution in [0.4, 0.5) is 0 Å². The average Bonchev–Trinajstić information content (AvgIpc) is 3.10. The second-order valence-corrected chi connectivity index (χ2v) is 8.66. The standard InChI is InChI=1S/C18H21BrN2O2S/c19-16-9-6-10-17(13-16)24(22,23)20-14-18(21-11-4-5-12-21)15-7-2-1-3-8-15/h1-3,6-10,13,18,20H,4-5,11-12,14H2. The fourth-order valence-electron chi connectivity index (χ4n) is 3.09. The van der Waals surface area contributed by atoms with Gasteiger partial charge in [0.15, 0.2) is 0 Å². The molecule has 0 aliphatic carbocycles. The second kappa shape index (κ2) is 7.78. The molecule has 4 nitrogen and oxygen atoms in total. The summed E-state index contributed by atoms with van der Waals surface area (Å²) >= 11 is 3.32. The fourth-order valence-corrected chi connectivity index (χ4v) is 4.73. The number of sulfonamides is 1. The summed E-state index contributed by atoms with van der Waals surface area (Å²) in [6.07, 6.45) is 2.34. The average molecular weight is 409 g/mol. The molecule has 0 aromatic heterocycles. The van der Waals surface area contributed by atoms with Gasteiger partial charge in [0.2, 0.25) is 10.0 Å². The molecule has 0 bridgehead atoms. The van der Waals surface area contributed by atoms with Crippen LogP contribution >= 0.6 is 15.9 Å². The molecule has 0 amide bonds. The van der Waals surface area contributed by atoms with Crippen molar-refractivity contribution in [1.29, 1.82) is 0 Å². The normalized spacial score (nSPS) is 17.0. The van der Waals surface area contributed by atoms with Crippen LogP contribution in [0.1, 0.15) is 24.4 Å². The molecule has 6 heteroatoms. The molecule has 1 aliphatic rings. The molecule has 1 unspecified atom stereocenters. The lowest BCUT2D eigenvalue weighted by Gasteiger charge is -2.28. The Bertz CT molecular complexity index is 775. The Kier molecular flexibility index (Phi) is 5.71. The Morgan fingerprint density at radius 3 is 2.42 bits per heavy atom. The lowest BCUT2D eigenvalue weighted by Crippen LogP contribution is -2.36. The van der Waals surface area contributed by atoms with E-state index >= 15 is 0 Å². The van der Waals surface area contributed by atoms with Crippen molar-refractivity contribution in [2.45, 2.75) is 23.8 Å². The second-order valence-electron chi connectivity index (χ2n) is 5.98. The van der Waals surface area contributed by atoms with Crippen LogP contribution in [0.15, 0.2) is 64.0 Å². The number of nitrogens with zero attached hydrogens (tertiary/aromatic N) is 1. The Balaban J connectivity index is 1.78.